The summed E-state index contributed by atoms with van der Waals surface area (Å²) in [5.74, 6) is 1.13. The summed E-state index contributed by atoms with van der Waals surface area (Å²) in [6, 6.07) is 0. The first-order valence-corrected chi connectivity index (χ1v) is 9.12. The molecule has 0 amide bonds. The summed E-state index contributed by atoms with van der Waals surface area (Å²) in [5, 5.41) is 3.46. The van der Waals surface area contributed by atoms with E-state index < -0.39 is 0 Å². The molecule has 1 saturated heterocycles. The summed E-state index contributed by atoms with van der Waals surface area (Å²) in [5.41, 5.74) is 0.433. The molecule has 0 saturated carbocycles. The fourth-order valence-electron chi connectivity index (χ4n) is 2.97. The van der Waals surface area contributed by atoms with Crippen LogP contribution in [0.25, 0.3) is 0 Å². The summed E-state index contributed by atoms with van der Waals surface area (Å²) in [7, 11) is 4.30. The molecule has 130 valence electrons. The first-order chi connectivity index (χ1) is 10.4. The predicted molar refractivity (Wildman–Crippen MR) is 97.6 cm³/mol. The van der Waals surface area contributed by atoms with Crippen molar-refractivity contribution in [2.45, 2.75) is 59.3 Å². The van der Waals surface area contributed by atoms with Gasteiger partial charge in [0.25, 0.3) is 0 Å². The van der Waals surface area contributed by atoms with Gasteiger partial charge in [0.2, 0.25) is 0 Å². The molecule has 0 aromatic carbocycles. The molecule has 0 bridgehead atoms. The number of aliphatic imine (C=N–C) groups is 1. The van der Waals surface area contributed by atoms with Gasteiger partial charge in [-0.2, -0.15) is 0 Å². The normalized spacial score (nSPS) is 18.3. The van der Waals surface area contributed by atoms with Gasteiger partial charge in [-0.1, -0.05) is 33.1 Å². The van der Waals surface area contributed by atoms with Crippen LogP contribution in [0.1, 0.15) is 59.3 Å². The molecule has 1 rings (SSSR count). The fourth-order valence-corrected chi connectivity index (χ4v) is 2.97. The van der Waals surface area contributed by atoms with E-state index in [-0.39, 0.29) is 0 Å². The number of guanidine groups is 1. The highest BCUT2D eigenvalue weighted by molar-refractivity contribution is 5.80. The van der Waals surface area contributed by atoms with Crippen LogP contribution in [0.4, 0.5) is 0 Å². The van der Waals surface area contributed by atoms with Crippen LogP contribution in [0.15, 0.2) is 4.99 Å². The van der Waals surface area contributed by atoms with Crippen molar-refractivity contribution >= 4 is 5.96 Å². The summed E-state index contributed by atoms with van der Waals surface area (Å²) in [6.45, 7) is 12.3. The Kier molecular flexibility index (Phi) is 8.84. The third kappa shape index (κ3) is 8.02. The molecule has 0 aromatic heterocycles. The second-order valence-electron chi connectivity index (χ2n) is 7.64. The van der Waals surface area contributed by atoms with Crippen molar-refractivity contribution in [2.75, 3.05) is 46.8 Å². The Labute approximate surface area is 138 Å². The highest BCUT2D eigenvalue weighted by Gasteiger charge is 2.30. The van der Waals surface area contributed by atoms with E-state index in [2.05, 4.69) is 50.0 Å². The molecular formula is C18H38N4. The molecule has 0 unspecified atom stereocenters. The molecule has 0 aliphatic carbocycles. The third-order valence-corrected chi connectivity index (χ3v) is 4.34. The minimum absolute atomic E-state index is 0.433. The Hall–Kier alpha value is -0.770. The average Bonchev–Trinajstić information content (AvgIpc) is 2.80. The van der Waals surface area contributed by atoms with Gasteiger partial charge >= 0.3 is 0 Å². The maximum Gasteiger partial charge on any atom is 0.193 e. The minimum atomic E-state index is 0.433. The van der Waals surface area contributed by atoms with Crippen LogP contribution in [0.2, 0.25) is 0 Å². The Morgan fingerprint density at radius 1 is 1.14 bits per heavy atom. The monoisotopic (exact) mass is 310 g/mol. The van der Waals surface area contributed by atoms with Gasteiger partial charge < -0.3 is 15.1 Å². The maximum absolute atomic E-state index is 4.83. The molecule has 0 atom stereocenters. The van der Waals surface area contributed by atoms with E-state index in [1.54, 1.807) is 0 Å². The molecule has 0 radical (unpaired) electrons. The number of unbranched alkanes of at least 4 members (excludes halogenated alkanes) is 4. The smallest absolute Gasteiger partial charge is 0.193 e. The molecular weight excluding hydrogens is 272 g/mol. The van der Waals surface area contributed by atoms with E-state index in [0.717, 1.165) is 32.1 Å². The first kappa shape index (κ1) is 19.3. The molecule has 4 heteroatoms. The lowest BCUT2D eigenvalue weighted by molar-refractivity contribution is 0.370. The highest BCUT2D eigenvalue weighted by atomic mass is 15.3. The second kappa shape index (κ2) is 10.1. The van der Waals surface area contributed by atoms with Crippen LogP contribution in [-0.4, -0.2) is 62.6 Å². The highest BCUT2D eigenvalue weighted by Crippen LogP contribution is 2.28. The quantitative estimate of drug-likeness (QED) is 0.403. The van der Waals surface area contributed by atoms with Gasteiger partial charge in [-0.15, -0.1) is 0 Å². The van der Waals surface area contributed by atoms with Crippen molar-refractivity contribution in [1.29, 1.82) is 0 Å². The SMILES string of the molecule is CCNC(=NCCCCCCCN(C)C)N1CCC(C)(C)C1. The largest absolute Gasteiger partial charge is 0.357 e. The fraction of sp³-hybridized carbons (Fsp3) is 0.944. The van der Waals surface area contributed by atoms with E-state index in [4.69, 9.17) is 4.99 Å². The maximum atomic E-state index is 4.83. The van der Waals surface area contributed by atoms with Crippen molar-refractivity contribution in [2.24, 2.45) is 10.4 Å². The second-order valence-corrected chi connectivity index (χ2v) is 7.64. The zero-order valence-corrected chi connectivity index (χ0v) is 15.6. The Morgan fingerprint density at radius 3 is 2.41 bits per heavy atom. The van der Waals surface area contributed by atoms with Gasteiger partial charge in [0.15, 0.2) is 5.96 Å². The van der Waals surface area contributed by atoms with Crippen molar-refractivity contribution in [3.8, 4) is 0 Å². The van der Waals surface area contributed by atoms with E-state index in [0.29, 0.717) is 5.41 Å². The summed E-state index contributed by atoms with van der Waals surface area (Å²) < 4.78 is 0. The van der Waals surface area contributed by atoms with E-state index in [1.165, 1.54) is 45.1 Å². The first-order valence-electron chi connectivity index (χ1n) is 9.12. The molecule has 22 heavy (non-hydrogen) atoms. The van der Waals surface area contributed by atoms with Crippen LogP contribution in [0.5, 0.6) is 0 Å². The molecule has 1 heterocycles. The predicted octanol–water partition coefficient (Wildman–Crippen LogP) is 3.20. The lowest BCUT2D eigenvalue weighted by Gasteiger charge is -2.23. The third-order valence-electron chi connectivity index (χ3n) is 4.34. The topological polar surface area (TPSA) is 30.9 Å². The summed E-state index contributed by atoms with van der Waals surface area (Å²) in [6.07, 6.45) is 7.81. The minimum Gasteiger partial charge on any atom is -0.357 e. The van der Waals surface area contributed by atoms with Crippen LogP contribution < -0.4 is 5.32 Å². The van der Waals surface area contributed by atoms with Crippen LogP contribution in [-0.2, 0) is 0 Å². The standard InChI is InChI=1S/C18H38N4/c1-6-19-17(22-15-12-18(2,3)16-22)20-13-10-8-7-9-11-14-21(4)5/h6-16H2,1-5H3,(H,19,20). The molecule has 1 aliphatic rings. The molecule has 0 spiro atoms. The lowest BCUT2D eigenvalue weighted by atomic mass is 9.93. The number of likely N-dealkylation sites (tertiary alicyclic amines) is 1. The zero-order chi connectivity index (χ0) is 16.4. The van der Waals surface area contributed by atoms with Crippen molar-refractivity contribution in [3.63, 3.8) is 0 Å². The van der Waals surface area contributed by atoms with Crippen LogP contribution in [0.3, 0.4) is 0 Å². The van der Waals surface area contributed by atoms with Gasteiger partial charge in [0.05, 0.1) is 0 Å². The van der Waals surface area contributed by atoms with Gasteiger partial charge in [-0.25, -0.2) is 0 Å². The van der Waals surface area contributed by atoms with Gasteiger partial charge in [-0.3, -0.25) is 4.99 Å². The molecule has 1 N–H and O–H groups in total. The number of nitrogens with zero attached hydrogens (tertiary/aromatic N) is 3. The van der Waals surface area contributed by atoms with Gasteiger partial charge in [0.1, 0.15) is 0 Å². The zero-order valence-electron chi connectivity index (χ0n) is 15.6. The Balaban J connectivity index is 2.20. The van der Waals surface area contributed by atoms with Gasteiger partial charge in [-0.05, 0) is 52.2 Å². The van der Waals surface area contributed by atoms with E-state index in [1.807, 2.05) is 0 Å². The number of rotatable bonds is 9. The van der Waals surface area contributed by atoms with Crippen molar-refractivity contribution < 1.29 is 0 Å². The Bertz CT molecular complexity index is 323. The lowest BCUT2D eigenvalue weighted by Crippen LogP contribution is -2.40. The van der Waals surface area contributed by atoms with E-state index in [9.17, 15) is 0 Å². The average molecular weight is 311 g/mol. The summed E-state index contributed by atoms with van der Waals surface area (Å²) in [4.78, 5) is 9.53. The van der Waals surface area contributed by atoms with Crippen LogP contribution >= 0.6 is 0 Å². The van der Waals surface area contributed by atoms with Crippen molar-refractivity contribution in [3.05, 3.63) is 0 Å². The van der Waals surface area contributed by atoms with Crippen LogP contribution in [0, 0.1) is 5.41 Å². The molecule has 1 aliphatic heterocycles. The molecule has 0 aromatic rings. The van der Waals surface area contributed by atoms with Crippen molar-refractivity contribution in [1.82, 2.24) is 15.1 Å². The molecule has 1 fully saturated rings. The summed E-state index contributed by atoms with van der Waals surface area (Å²) >= 11 is 0. The van der Waals surface area contributed by atoms with Gasteiger partial charge in [0, 0.05) is 26.2 Å². The number of hydrogen-bond acceptors (Lipinski definition) is 2. The molecule has 4 nitrogen and oxygen atoms in total. The number of nitrogens with one attached hydrogen (secondary N) is 1. The van der Waals surface area contributed by atoms with E-state index >= 15 is 0 Å². The number of hydrogen-bond donors (Lipinski definition) is 1. The Morgan fingerprint density at radius 2 is 1.82 bits per heavy atom.